The predicted molar refractivity (Wildman–Crippen MR) is 41.6 cm³/mol. The lowest BCUT2D eigenvalue weighted by molar-refractivity contribution is 0.608. The molecule has 1 aromatic heterocycles. The second-order valence-corrected chi connectivity index (χ2v) is 2.97. The number of pyridine rings is 1. The SMILES string of the molecule is Cc1ncc(I)cc1F. The highest BCUT2D eigenvalue weighted by Gasteiger charge is 1.95. The van der Waals surface area contributed by atoms with Gasteiger partial charge in [0.15, 0.2) is 0 Å². The number of halogens is 2. The Kier molecular flexibility index (Phi) is 2.00. The summed E-state index contributed by atoms with van der Waals surface area (Å²) in [7, 11) is 0. The van der Waals surface area contributed by atoms with E-state index in [1.165, 1.54) is 6.07 Å². The van der Waals surface area contributed by atoms with Crippen molar-refractivity contribution in [3.8, 4) is 0 Å². The summed E-state index contributed by atoms with van der Waals surface area (Å²) in [5.41, 5.74) is 0.454. The summed E-state index contributed by atoms with van der Waals surface area (Å²) >= 11 is 2.02. The molecular weight excluding hydrogens is 232 g/mol. The Morgan fingerprint density at radius 2 is 2.33 bits per heavy atom. The molecule has 1 aromatic rings. The summed E-state index contributed by atoms with van der Waals surface area (Å²) in [5, 5.41) is 0. The minimum atomic E-state index is -0.234. The van der Waals surface area contributed by atoms with Crippen LogP contribution < -0.4 is 0 Å². The number of rotatable bonds is 0. The number of nitrogens with zero attached hydrogens (tertiary/aromatic N) is 1. The Morgan fingerprint density at radius 3 is 2.78 bits per heavy atom. The lowest BCUT2D eigenvalue weighted by atomic mass is 10.4. The minimum absolute atomic E-state index is 0.234. The van der Waals surface area contributed by atoms with Crippen molar-refractivity contribution in [1.82, 2.24) is 4.98 Å². The number of aromatic nitrogens is 1. The van der Waals surface area contributed by atoms with E-state index >= 15 is 0 Å². The van der Waals surface area contributed by atoms with Crippen molar-refractivity contribution < 1.29 is 4.39 Å². The fourth-order valence-electron chi connectivity index (χ4n) is 0.483. The van der Waals surface area contributed by atoms with Crippen LogP contribution in [0.15, 0.2) is 12.3 Å². The molecule has 0 unspecified atom stereocenters. The summed E-state index contributed by atoms with van der Waals surface area (Å²) in [5.74, 6) is -0.234. The van der Waals surface area contributed by atoms with Crippen molar-refractivity contribution in [1.29, 1.82) is 0 Å². The Hall–Kier alpha value is -0.190. The van der Waals surface area contributed by atoms with Crippen molar-refractivity contribution in [2.75, 3.05) is 0 Å². The Morgan fingerprint density at radius 1 is 1.67 bits per heavy atom. The molecule has 0 aliphatic rings. The maximum atomic E-state index is 12.5. The highest BCUT2D eigenvalue weighted by molar-refractivity contribution is 14.1. The smallest absolute Gasteiger partial charge is 0.145 e. The van der Waals surface area contributed by atoms with E-state index in [1.54, 1.807) is 13.1 Å². The first-order chi connectivity index (χ1) is 4.20. The average molecular weight is 237 g/mol. The zero-order valence-electron chi connectivity index (χ0n) is 4.86. The van der Waals surface area contributed by atoms with Gasteiger partial charge in [-0.1, -0.05) is 0 Å². The molecule has 0 aromatic carbocycles. The van der Waals surface area contributed by atoms with Crippen LogP contribution in [0.25, 0.3) is 0 Å². The van der Waals surface area contributed by atoms with Crippen LogP contribution in [0.3, 0.4) is 0 Å². The predicted octanol–water partition coefficient (Wildman–Crippen LogP) is 2.13. The van der Waals surface area contributed by atoms with Gasteiger partial charge in [0, 0.05) is 9.77 Å². The van der Waals surface area contributed by atoms with Gasteiger partial charge in [0.1, 0.15) is 5.82 Å². The van der Waals surface area contributed by atoms with Gasteiger partial charge in [-0.3, -0.25) is 4.98 Å². The molecule has 0 atom stereocenters. The van der Waals surface area contributed by atoms with Gasteiger partial charge in [0.05, 0.1) is 5.69 Å². The number of hydrogen-bond donors (Lipinski definition) is 0. The molecule has 0 radical (unpaired) electrons. The Balaban J connectivity index is 3.17. The van der Waals surface area contributed by atoms with Crippen LogP contribution in [0, 0.1) is 16.3 Å². The number of hydrogen-bond acceptors (Lipinski definition) is 1. The van der Waals surface area contributed by atoms with E-state index in [0.29, 0.717) is 5.69 Å². The Labute approximate surface area is 66.4 Å². The van der Waals surface area contributed by atoms with Gasteiger partial charge >= 0.3 is 0 Å². The van der Waals surface area contributed by atoms with E-state index in [-0.39, 0.29) is 5.82 Å². The van der Waals surface area contributed by atoms with Crippen molar-refractivity contribution in [3.63, 3.8) is 0 Å². The van der Waals surface area contributed by atoms with Gasteiger partial charge in [0.2, 0.25) is 0 Å². The van der Waals surface area contributed by atoms with Crippen LogP contribution in [0.2, 0.25) is 0 Å². The molecule has 0 aliphatic carbocycles. The van der Waals surface area contributed by atoms with Crippen molar-refractivity contribution in [3.05, 3.63) is 27.3 Å². The van der Waals surface area contributed by atoms with Crippen LogP contribution in [-0.4, -0.2) is 4.98 Å². The standard InChI is InChI=1S/C6H5FIN/c1-4-6(7)2-5(8)3-9-4/h2-3H,1H3. The third kappa shape index (κ3) is 1.61. The normalized spacial score (nSPS) is 9.67. The van der Waals surface area contributed by atoms with Gasteiger partial charge < -0.3 is 0 Å². The van der Waals surface area contributed by atoms with Gasteiger partial charge in [0.25, 0.3) is 0 Å². The van der Waals surface area contributed by atoms with Crippen LogP contribution in [0.5, 0.6) is 0 Å². The Bertz CT molecular complexity index is 224. The van der Waals surface area contributed by atoms with E-state index in [9.17, 15) is 4.39 Å². The van der Waals surface area contributed by atoms with Gasteiger partial charge in [-0.05, 0) is 35.6 Å². The second-order valence-electron chi connectivity index (χ2n) is 1.72. The molecule has 3 heteroatoms. The second kappa shape index (κ2) is 2.60. The quantitative estimate of drug-likeness (QED) is 0.630. The maximum Gasteiger partial charge on any atom is 0.145 e. The summed E-state index contributed by atoms with van der Waals surface area (Å²) in [6.07, 6.45) is 1.64. The average Bonchev–Trinajstić information content (AvgIpc) is 1.80. The van der Waals surface area contributed by atoms with E-state index in [0.717, 1.165) is 3.57 Å². The molecule has 0 saturated carbocycles. The highest BCUT2D eigenvalue weighted by Crippen LogP contribution is 2.06. The van der Waals surface area contributed by atoms with E-state index in [2.05, 4.69) is 4.98 Å². The lowest BCUT2D eigenvalue weighted by Crippen LogP contribution is -1.86. The molecule has 48 valence electrons. The molecule has 0 spiro atoms. The third-order valence-electron chi connectivity index (χ3n) is 0.992. The van der Waals surface area contributed by atoms with E-state index in [4.69, 9.17) is 0 Å². The molecular formula is C6H5FIN. The first kappa shape index (κ1) is 6.92. The molecule has 1 rings (SSSR count). The van der Waals surface area contributed by atoms with Gasteiger partial charge in [-0.15, -0.1) is 0 Å². The molecule has 0 bridgehead atoms. The molecule has 9 heavy (non-hydrogen) atoms. The molecule has 1 nitrogen and oxygen atoms in total. The van der Waals surface area contributed by atoms with Gasteiger partial charge in [-0.25, -0.2) is 4.39 Å². The summed E-state index contributed by atoms with van der Waals surface area (Å²) in [6.45, 7) is 1.64. The van der Waals surface area contributed by atoms with E-state index < -0.39 is 0 Å². The first-order valence-corrected chi connectivity index (χ1v) is 3.55. The van der Waals surface area contributed by atoms with Crippen LogP contribution in [0.4, 0.5) is 4.39 Å². The zero-order valence-corrected chi connectivity index (χ0v) is 7.02. The topological polar surface area (TPSA) is 12.9 Å². The molecule has 0 N–H and O–H groups in total. The minimum Gasteiger partial charge on any atom is -0.257 e. The molecule has 0 amide bonds. The number of aryl methyl sites for hydroxylation is 1. The summed E-state index contributed by atoms with van der Waals surface area (Å²) in [4.78, 5) is 3.80. The summed E-state index contributed by atoms with van der Waals surface area (Å²) < 4.78 is 13.3. The third-order valence-corrected chi connectivity index (χ3v) is 1.58. The molecule has 0 aliphatic heterocycles. The van der Waals surface area contributed by atoms with Crippen molar-refractivity contribution in [2.45, 2.75) is 6.92 Å². The van der Waals surface area contributed by atoms with Crippen LogP contribution >= 0.6 is 22.6 Å². The van der Waals surface area contributed by atoms with Gasteiger partial charge in [-0.2, -0.15) is 0 Å². The zero-order chi connectivity index (χ0) is 6.85. The van der Waals surface area contributed by atoms with Crippen molar-refractivity contribution >= 4 is 22.6 Å². The van der Waals surface area contributed by atoms with Crippen LogP contribution in [-0.2, 0) is 0 Å². The van der Waals surface area contributed by atoms with Crippen LogP contribution in [0.1, 0.15) is 5.69 Å². The molecule has 1 heterocycles. The molecule has 0 fully saturated rings. The van der Waals surface area contributed by atoms with Crippen molar-refractivity contribution in [2.24, 2.45) is 0 Å². The monoisotopic (exact) mass is 237 g/mol. The highest BCUT2D eigenvalue weighted by atomic mass is 127. The molecule has 0 saturated heterocycles. The fraction of sp³-hybridized carbons (Fsp3) is 0.167. The maximum absolute atomic E-state index is 12.5. The first-order valence-electron chi connectivity index (χ1n) is 2.48. The van der Waals surface area contributed by atoms with E-state index in [1.807, 2.05) is 22.6 Å². The largest absolute Gasteiger partial charge is 0.257 e. The summed E-state index contributed by atoms with van der Waals surface area (Å²) in [6, 6.07) is 1.46. The lowest BCUT2D eigenvalue weighted by Gasteiger charge is -1.92. The fourth-order valence-corrected chi connectivity index (χ4v) is 0.896.